The lowest BCUT2D eigenvalue weighted by atomic mass is 10.1. The van der Waals surface area contributed by atoms with Crippen molar-refractivity contribution >= 4 is 23.4 Å². The minimum Gasteiger partial charge on any atom is -0.481 e. The molecule has 0 spiro atoms. The summed E-state index contributed by atoms with van der Waals surface area (Å²) >= 11 is 5.66. The summed E-state index contributed by atoms with van der Waals surface area (Å²) in [6, 6.07) is 8.62. The molecule has 2 aromatic rings. The van der Waals surface area contributed by atoms with Crippen LogP contribution in [0.4, 0.5) is 0 Å². The van der Waals surface area contributed by atoms with Crippen LogP contribution in [-0.4, -0.2) is 22.9 Å². The molecule has 0 aliphatic carbocycles. The quantitative estimate of drug-likeness (QED) is 0.658. The number of hydrogen-bond donors (Lipinski definition) is 2. The zero-order valence-electron chi connectivity index (χ0n) is 13.6. The molecule has 0 unspecified atom stereocenters. The monoisotopic (exact) mass is 347 g/mol. The number of aryl methyl sites for hydroxylation is 1. The van der Waals surface area contributed by atoms with Gasteiger partial charge in [0.1, 0.15) is 10.9 Å². The van der Waals surface area contributed by atoms with Gasteiger partial charge in [0, 0.05) is 6.20 Å². The molecule has 1 atom stereocenters. The normalized spacial score (nSPS) is 11.5. The Labute approximate surface area is 145 Å². The van der Waals surface area contributed by atoms with Gasteiger partial charge in [-0.1, -0.05) is 23.7 Å². The zero-order chi connectivity index (χ0) is 17.7. The van der Waals surface area contributed by atoms with Gasteiger partial charge in [0.05, 0.1) is 5.56 Å². The molecule has 2 N–H and O–H groups in total. The summed E-state index contributed by atoms with van der Waals surface area (Å²) in [6.45, 7) is 5.49. The van der Waals surface area contributed by atoms with E-state index in [1.807, 2.05) is 26.0 Å². The number of pyridine rings is 1. The number of nitrogens with one attached hydrogen (secondary N) is 2. The molecular weight excluding hydrogens is 330 g/mol. The molecule has 0 bridgehead atoms. The molecule has 0 radical (unpaired) electrons. The minimum atomic E-state index is -0.769. The van der Waals surface area contributed by atoms with Gasteiger partial charge in [-0.15, -0.1) is 0 Å². The Kier molecular flexibility index (Phi) is 5.76. The van der Waals surface area contributed by atoms with E-state index in [1.54, 1.807) is 13.0 Å². The fourth-order valence-electron chi connectivity index (χ4n) is 1.90. The number of halogens is 1. The molecule has 24 heavy (non-hydrogen) atoms. The number of rotatable bonds is 4. The molecule has 2 amide bonds. The van der Waals surface area contributed by atoms with E-state index in [1.165, 1.54) is 18.3 Å². The first kappa shape index (κ1) is 17.7. The average molecular weight is 348 g/mol. The Bertz CT molecular complexity index is 747. The second-order valence-electron chi connectivity index (χ2n) is 5.27. The van der Waals surface area contributed by atoms with Crippen LogP contribution in [0.1, 0.15) is 28.4 Å². The molecule has 7 heteroatoms. The van der Waals surface area contributed by atoms with E-state index in [0.717, 1.165) is 11.1 Å². The van der Waals surface area contributed by atoms with E-state index in [4.69, 9.17) is 16.3 Å². The van der Waals surface area contributed by atoms with Crippen molar-refractivity contribution in [3.63, 3.8) is 0 Å². The third-order valence-electron chi connectivity index (χ3n) is 3.52. The molecule has 0 saturated heterocycles. The van der Waals surface area contributed by atoms with E-state index < -0.39 is 17.9 Å². The van der Waals surface area contributed by atoms with Gasteiger partial charge in [-0.25, -0.2) is 4.98 Å². The van der Waals surface area contributed by atoms with E-state index >= 15 is 0 Å². The zero-order valence-corrected chi connectivity index (χ0v) is 14.3. The first-order chi connectivity index (χ1) is 11.4. The van der Waals surface area contributed by atoms with Crippen molar-refractivity contribution in [1.82, 2.24) is 15.8 Å². The number of hydrogen-bond acceptors (Lipinski definition) is 4. The van der Waals surface area contributed by atoms with Crippen LogP contribution in [0, 0.1) is 13.8 Å². The third kappa shape index (κ3) is 4.45. The Morgan fingerprint density at radius 3 is 2.58 bits per heavy atom. The van der Waals surface area contributed by atoms with E-state index in [0.29, 0.717) is 5.75 Å². The lowest BCUT2D eigenvalue weighted by molar-refractivity contribution is -0.128. The molecule has 0 saturated carbocycles. The van der Waals surface area contributed by atoms with Gasteiger partial charge >= 0.3 is 0 Å². The van der Waals surface area contributed by atoms with Crippen molar-refractivity contribution in [1.29, 1.82) is 0 Å². The Morgan fingerprint density at radius 1 is 1.17 bits per heavy atom. The molecule has 2 rings (SSSR count). The number of ether oxygens (including phenoxy) is 1. The number of aromatic nitrogens is 1. The van der Waals surface area contributed by atoms with Crippen molar-refractivity contribution in [3.8, 4) is 5.75 Å². The van der Waals surface area contributed by atoms with Gasteiger partial charge in [-0.05, 0) is 50.1 Å². The third-order valence-corrected chi connectivity index (χ3v) is 3.74. The highest BCUT2D eigenvalue weighted by molar-refractivity contribution is 6.29. The molecule has 0 aliphatic rings. The minimum absolute atomic E-state index is 0.280. The van der Waals surface area contributed by atoms with E-state index in [2.05, 4.69) is 15.8 Å². The highest BCUT2D eigenvalue weighted by Gasteiger charge is 2.17. The first-order valence-electron chi connectivity index (χ1n) is 7.33. The van der Waals surface area contributed by atoms with Gasteiger partial charge in [0.2, 0.25) is 0 Å². The summed E-state index contributed by atoms with van der Waals surface area (Å²) in [5, 5.41) is 0.283. The number of amides is 2. The Balaban J connectivity index is 1.91. The molecule has 1 heterocycles. The maximum Gasteiger partial charge on any atom is 0.279 e. The summed E-state index contributed by atoms with van der Waals surface area (Å²) in [6.07, 6.45) is 0.550. The Hall–Kier alpha value is -2.60. The van der Waals surface area contributed by atoms with Crippen molar-refractivity contribution < 1.29 is 14.3 Å². The smallest absolute Gasteiger partial charge is 0.279 e. The number of carbonyl (C=O) groups is 2. The predicted molar refractivity (Wildman–Crippen MR) is 90.9 cm³/mol. The largest absolute Gasteiger partial charge is 0.481 e. The van der Waals surface area contributed by atoms with Crippen LogP contribution in [0.3, 0.4) is 0 Å². The number of carbonyl (C=O) groups excluding carboxylic acids is 2. The summed E-state index contributed by atoms with van der Waals surface area (Å²) < 4.78 is 5.65. The molecular formula is C17H18ClN3O3. The van der Waals surface area contributed by atoms with Crippen molar-refractivity contribution in [3.05, 3.63) is 58.4 Å². The van der Waals surface area contributed by atoms with Gasteiger partial charge in [0.25, 0.3) is 11.8 Å². The van der Waals surface area contributed by atoms with Crippen LogP contribution < -0.4 is 15.6 Å². The Morgan fingerprint density at radius 2 is 1.92 bits per heavy atom. The lowest BCUT2D eigenvalue weighted by Crippen LogP contribution is -2.47. The highest BCUT2D eigenvalue weighted by Crippen LogP contribution is 2.21. The second kappa shape index (κ2) is 7.79. The standard InChI is InChI=1S/C17H18ClN3O3/c1-10-5-4-6-14(11(10)2)24-12(3)16(22)20-21-17(23)13-7-8-15(18)19-9-13/h4-9,12H,1-3H3,(H,20,22)(H,21,23)/t12-/m1/s1. The van der Waals surface area contributed by atoms with Crippen molar-refractivity contribution in [2.75, 3.05) is 0 Å². The molecule has 6 nitrogen and oxygen atoms in total. The summed E-state index contributed by atoms with van der Waals surface area (Å²) in [4.78, 5) is 27.7. The van der Waals surface area contributed by atoms with Gasteiger partial charge in [-0.3, -0.25) is 20.4 Å². The topological polar surface area (TPSA) is 80.3 Å². The average Bonchev–Trinajstić information content (AvgIpc) is 2.57. The summed E-state index contributed by atoms with van der Waals surface area (Å²) in [5.41, 5.74) is 6.95. The molecule has 0 aliphatic heterocycles. The maximum atomic E-state index is 12.0. The van der Waals surface area contributed by atoms with E-state index in [-0.39, 0.29) is 10.7 Å². The van der Waals surface area contributed by atoms with Crippen LogP contribution >= 0.6 is 11.6 Å². The number of benzene rings is 1. The maximum absolute atomic E-state index is 12.0. The second-order valence-corrected chi connectivity index (χ2v) is 5.66. The molecule has 126 valence electrons. The van der Waals surface area contributed by atoms with Gasteiger partial charge in [0.15, 0.2) is 6.10 Å². The fraction of sp³-hybridized carbons (Fsp3) is 0.235. The van der Waals surface area contributed by atoms with Crippen LogP contribution in [-0.2, 0) is 4.79 Å². The lowest BCUT2D eigenvalue weighted by Gasteiger charge is -2.17. The highest BCUT2D eigenvalue weighted by atomic mass is 35.5. The fourth-order valence-corrected chi connectivity index (χ4v) is 2.01. The van der Waals surface area contributed by atoms with Gasteiger partial charge < -0.3 is 4.74 Å². The predicted octanol–water partition coefficient (Wildman–Crippen LogP) is 2.58. The molecule has 0 fully saturated rings. The molecule has 1 aromatic heterocycles. The van der Waals surface area contributed by atoms with E-state index in [9.17, 15) is 9.59 Å². The van der Waals surface area contributed by atoms with Crippen molar-refractivity contribution in [2.45, 2.75) is 26.9 Å². The van der Waals surface area contributed by atoms with Crippen LogP contribution in [0.25, 0.3) is 0 Å². The van der Waals surface area contributed by atoms with Crippen LogP contribution in [0.15, 0.2) is 36.5 Å². The van der Waals surface area contributed by atoms with Gasteiger partial charge in [-0.2, -0.15) is 0 Å². The first-order valence-corrected chi connectivity index (χ1v) is 7.71. The SMILES string of the molecule is Cc1cccc(O[C@H](C)C(=O)NNC(=O)c2ccc(Cl)nc2)c1C. The van der Waals surface area contributed by atoms with Crippen molar-refractivity contribution in [2.24, 2.45) is 0 Å². The summed E-state index contributed by atoms with van der Waals surface area (Å²) in [5.74, 6) is -0.330. The molecule has 1 aromatic carbocycles. The van der Waals surface area contributed by atoms with Crippen LogP contribution in [0.2, 0.25) is 5.15 Å². The number of nitrogens with zero attached hydrogens (tertiary/aromatic N) is 1. The number of hydrazine groups is 1. The van der Waals surface area contributed by atoms with Crippen LogP contribution in [0.5, 0.6) is 5.75 Å². The summed E-state index contributed by atoms with van der Waals surface area (Å²) in [7, 11) is 0.